The maximum atomic E-state index is 12.1. The maximum absolute atomic E-state index is 12.1. The largest absolute Gasteiger partial charge is 0.381 e. The Labute approximate surface area is 219 Å². The molecule has 0 rings (SSSR count). The fraction of sp³-hybridized carbons (Fsp3) is 1.00. The van der Waals surface area contributed by atoms with Gasteiger partial charge in [0.25, 0.3) is 0 Å². The Morgan fingerprint density at radius 3 is 1.32 bits per heavy atom. The molecule has 206 valence electrons. The minimum absolute atomic E-state index is 0.481. The summed E-state index contributed by atoms with van der Waals surface area (Å²) in [7, 11) is 0. The molecule has 3 heteroatoms. The molecule has 0 amide bonds. The lowest BCUT2D eigenvalue weighted by Gasteiger charge is -2.17. The van der Waals surface area contributed by atoms with Gasteiger partial charge < -0.3 is 4.74 Å². The van der Waals surface area contributed by atoms with Crippen LogP contribution in [0.15, 0.2) is 0 Å². The summed E-state index contributed by atoms with van der Waals surface area (Å²) >= 11 is 0.481. The molecule has 0 aliphatic rings. The summed E-state index contributed by atoms with van der Waals surface area (Å²) in [5.41, 5.74) is 0. The zero-order valence-corrected chi connectivity index (χ0v) is 24.4. The minimum atomic E-state index is 0.481. The number of hydrogen-bond acceptors (Lipinski definition) is 2. The Bertz CT molecular complexity index is 352. The summed E-state index contributed by atoms with van der Waals surface area (Å²) in [6.07, 6.45) is 34.1. The molecule has 0 spiro atoms. The highest BCUT2D eigenvalue weighted by Gasteiger charge is 2.09. The Hall–Kier alpha value is 0.240. The van der Waals surface area contributed by atoms with Crippen LogP contribution in [-0.4, -0.2) is 19.0 Å². The van der Waals surface area contributed by atoms with E-state index in [1.165, 1.54) is 148 Å². The molecular weight excluding hydrogens is 439 g/mol. The first-order valence-electron chi connectivity index (χ1n) is 15.7. The third kappa shape index (κ3) is 28.5. The van der Waals surface area contributed by atoms with E-state index in [0.717, 1.165) is 32.0 Å². The van der Waals surface area contributed by atoms with Gasteiger partial charge in [0, 0.05) is 31.1 Å². The van der Waals surface area contributed by atoms with Gasteiger partial charge in [-0.15, -0.1) is 0 Å². The van der Waals surface area contributed by atoms with Crippen molar-refractivity contribution in [2.24, 2.45) is 5.92 Å². The highest BCUT2D eigenvalue weighted by atomic mass is 32.2. The third-order valence-corrected chi connectivity index (χ3v) is 7.74. The molecule has 0 radical (unpaired) electrons. The summed E-state index contributed by atoms with van der Waals surface area (Å²) in [5.74, 6) is 1.44. The van der Waals surface area contributed by atoms with E-state index in [1.807, 2.05) is 0 Å². The number of halogens is 1. The van der Waals surface area contributed by atoms with Crippen LogP contribution in [0.4, 0.5) is 3.89 Å². The first kappa shape index (κ1) is 34.2. The molecule has 0 N–H and O–H groups in total. The quantitative estimate of drug-likeness (QED) is 0.0903. The summed E-state index contributed by atoms with van der Waals surface area (Å²) in [4.78, 5) is 0. The molecule has 0 fully saturated rings. The number of hydrogen-bond donors (Lipinski definition) is 0. The molecule has 0 saturated carbocycles. The van der Waals surface area contributed by atoms with Gasteiger partial charge in [0.15, 0.2) is 0 Å². The van der Waals surface area contributed by atoms with Gasteiger partial charge in [-0.25, -0.2) is 0 Å². The number of rotatable bonds is 30. The lowest BCUT2D eigenvalue weighted by atomic mass is 9.94. The van der Waals surface area contributed by atoms with Crippen molar-refractivity contribution in [1.82, 2.24) is 0 Å². The predicted octanol–water partition coefficient (Wildman–Crippen LogP) is 12.0. The molecule has 0 saturated heterocycles. The van der Waals surface area contributed by atoms with Crippen LogP contribution in [0.3, 0.4) is 0 Å². The summed E-state index contributed by atoms with van der Waals surface area (Å²) < 4.78 is 18.2. The van der Waals surface area contributed by atoms with E-state index >= 15 is 0 Å². The molecule has 34 heavy (non-hydrogen) atoms. The normalized spacial score (nSPS) is 12.4. The van der Waals surface area contributed by atoms with Crippen LogP contribution in [0, 0.1) is 5.92 Å². The van der Waals surface area contributed by atoms with Crippen molar-refractivity contribution in [2.75, 3.05) is 19.0 Å². The molecule has 0 bridgehead atoms. The Kier molecular flexibility index (Phi) is 31.5. The van der Waals surface area contributed by atoms with E-state index in [9.17, 15) is 3.89 Å². The first-order chi connectivity index (χ1) is 16.8. The SMILES string of the molecule is CCCCCCCCCCCCC(CCCCCCCCCC)COCCCCCCCSF. The molecule has 0 aliphatic carbocycles. The zero-order valence-electron chi connectivity index (χ0n) is 23.6. The van der Waals surface area contributed by atoms with Gasteiger partial charge in [0.1, 0.15) is 0 Å². The van der Waals surface area contributed by atoms with Gasteiger partial charge in [-0.2, -0.15) is 3.89 Å². The summed E-state index contributed by atoms with van der Waals surface area (Å²) in [6, 6.07) is 0. The van der Waals surface area contributed by atoms with Crippen LogP contribution in [-0.2, 0) is 4.74 Å². The molecule has 1 atom stereocenters. The van der Waals surface area contributed by atoms with Crippen molar-refractivity contribution in [2.45, 2.75) is 174 Å². The molecule has 0 aliphatic heterocycles. The molecule has 0 heterocycles. The summed E-state index contributed by atoms with van der Waals surface area (Å²) in [5, 5.41) is 0. The van der Waals surface area contributed by atoms with Gasteiger partial charge in [-0.3, -0.25) is 0 Å². The van der Waals surface area contributed by atoms with Crippen molar-refractivity contribution < 1.29 is 8.62 Å². The zero-order chi connectivity index (χ0) is 24.8. The Balaban J connectivity index is 3.84. The van der Waals surface area contributed by atoms with E-state index in [0.29, 0.717) is 17.9 Å². The number of unbranched alkanes of at least 4 members (excludes halogenated alkanes) is 20. The summed E-state index contributed by atoms with van der Waals surface area (Å²) in [6.45, 7) is 6.49. The van der Waals surface area contributed by atoms with Gasteiger partial charge in [-0.05, 0) is 31.6 Å². The average molecular weight is 503 g/mol. The van der Waals surface area contributed by atoms with Gasteiger partial charge in [0.05, 0.1) is 0 Å². The molecule has 1 unspecified atom stereocenters. The second kappa shape index (κ2) is 31.3. The smallest absolute Gasteiger partial charge is 0.0494 e. The van der Waals surface area contributed by atoms with Crippen LogP contribution < -0.4 is 0 Å². The lowest BCUT2D eigenvalue weighted by molar-refractivity contribution is 0.0879. The van der Waals surface area contributed by atoms with Crippen LogP contribution in [0.25, 0.3) is 0 Å². The van der Waals surface area contributed by atoms with Crippen LogP contribution in [0.1, 0.15) is 174 Å². The fourth-order valence-corrected chi connectivity index (χ4v) is 5.25. The lowest BCUT2D eigenvalue weighted by Crippen LogP contribution is -2.11. The molecule has 0 aromatic carbocycles. The van der Waals surface area contributed by atoms with Crippen molar-refractivity contribution in [1.29, 1.82) is 0 Å². The van der Waals surface area contributed by atoms with Crippen molar-refractivity contribution >= 4 is 12.1 Å². The first-order valence-corrected chi connectivity index (χ1v) is 16.5. The van der Waals surface area contributed by atoms with E-state index in [4.69, 9.17) is 4.74 Å². The van der Waals surface area contributed by atoms with Gasteiger partial charge in [-0.1, -0.05) is 149 Å². The van der Waals surface area contributed by atoms with Crippen molar-refractivity contribution in [3.05, 3.63) is 0 Å². The molecule has 0 aromatic rings. The van der Waals surface area contributed by atoms with E-state index < -0.39 is 0 Å². The second-order valence-electron chi connectivity index (χ2n) is 10.8. The Morgan fingerprint density at radius 1 is 0.500 bits per heavy atom. The maximum Gasteiger partial charge on any atom is 0.0494 e. The van der Waals surface area contributed by atoms with Crippen LogP contribution in [0.5, 0.6) is 0 Å². The highest BCUT2D eigenvalue weighted by molar-refractivity contribution is 7.94. The number of ether oxygens (including phenoxy) is 1. The van der Waals surface area contributed by atoms with E-state index in [-0.39, 0.29) is 0 Å². The molecule has 1 nitrogen and oxygen atoms in total. The third-order valence-electron chi connectivity index (χ3n) is 7.30. The Morgan fingerprint density at radius 2 is 0.882 bits per heavy atom. The van der Waals surface area contributed by atoms with Gasteiger partial charge >= 0.3 is 0 Å². The van der Waals surface area contributed by atoms with Crippen molar-refractivity contribution in [3.8, 4) is 0 Å². The van der Waals surface area contributed by atoms with Crippen LogP contribution >= 0.6 is 12.1 Å². The van der Waals surface area contributed by atoms with Gasteiger partial charge in [0.2, 0.25) is 0 Å². The fourth-order valence-electron chi connectivity index (χ4n) is 4.94. The molecular formula is C31H63FOS. The predicted molar refractivity (Wildman–Crippen MR) is 155 cm³/mol. The van der Waals surface area contributed by atoms with Crippen LogP contribution in [0.2, 0.25) is 0 Å². The monoisotopic (exact) mass is 502 g/mol. The standard InChI is InChI=1S/C31H63FOS/c1-3-5-7-9-11-13-14-16-19-23-27-31(26-22-18-15-12-10-8-6-4-2)30-33-28-24-20-17-21-25-29-34-32/h31H,3-30H2,1-2H3. The topological polar surface area (TPSA) is 9.23 Å². The van der Waals surface area contributed by atoms with E-state index in [2.05, 4.69) is 13.8 Å². The average Bonchev–Trinajstić information content (AvgIpc) is 2.85. The minimum Gasteiger partial charge on any atom is -0.381 e. The van der Waals surface area contributed by atoms with E-state index in [1.54, 1.807) is 0 Å². The highest BCUT2D eigenvalue weighted by Crippen LogP contribution is 2.20. The van der Waals surface area contributed by atoms with Crippen molar-refractivity contribution in [3.63, 3.8) is 0 Å². The second-order valence-corrected chi connectivity index (χ2v) is 11.4. The molecule has 0 aromatic heterocycles.